The fourth-order valence-corrected chi connectivity index (χ4v) is 4.27. The Labute approximate surface area is 199 Å². The minimum Gasteiger partial charge on any atom is -0.383 e. The van der Waals surface area contributed by atoms with Gasteiger partial charge in [-0.15, -0.1) is 11.3 Å². The van der Waals surface area contributed by atoms with Crippen molar-refractivity contribution >= 4 is 29.2 Å². The number of nitrogens with zero attached hydrogens (tertiary/aromatic N) is 2. The summed E-state index contributed by atoms with van der Waals surface area (Å²) in [5, 5.41) is 2.04. The van der Waals surface area contributed by atoms with Gasteiger partial charge in [0, 0.05) is 31.2 Å². The Hall–Kier alpha value is -3.22. The van der Waals surface area contributed by atoms with Crippen LogP contribution in [0, 0.1) is 6.92 Å². The van der Waals surface area contributed by atoms with E-state index < -0.39 is 0 Å². The third-order valence-corrected chi connectivity index (χ3v) is 6.30. The van der Waals surface area contributed by atoms with Crippen LogP contribution in [0.15, 0.2) is 78.2 Å². The summed E-state index contributed by atoms with van der Waals surface area (Å²) in [5.41, 5.74) is 3.16. The number of amides is 2. The summed E-state index contributed by atoms with van der Waals surface area (Å²) in [4.78, 5) is 30.9. The first-order chi connectivity index (χ1) is 16.1. The van der Waals surface area contributed by atoms with Crippen LogP contribution in [0.1, 0.15) is 21.6 Å². The zero-order valence-corrected chi connectivity index (χ0v) is 20.0. The van der Waals surface area contributed by atoms with Crippen molar-refractivity contribution in [3.63, 3.8) is 0 Å². The maximum absolute atomic E-state index is 13.4. The molecule has 0 aliphatic rings. The molecule has 0 atom stereocenters. The van der Waals surface area contributed by atoms with Crippen LogP contribution in [-0.2, 0) is 27.4 Å². The smallest absolute Gasteiger partial charge is 0.247 e. The molecule has 0 saturated heterocycles. The molecule has 0 bridgehead atoms. The number of carbonyl (C=O) groups is 2. The number of ether oxygens (including phenoxy) is 1. The molecule has 0 unspecified atom stereocenters. The Bertz CT molecular complexity index is 1050. The van der Waals surface area contributed by atoms with Crippen LogP contribution in [0.2, 0.25) is 0 Å². The van der Waals surface area contributed by atoms with Crippen LogP contribution in [-0.4, -0.2) is 48.4 Å². The van der Waals surface area contributed by atoms with Gasteiger partial charge >= 0.3 is 0 Å². The van der Waals surface area contributed by atoms with E-state index in [1.54, 1.807) is 29.4 Å². The van der Waals surface area contributed by atoms with E-state index in [1.807, 2.05) is 70.9 Å². The topological polar surface area (TPSA) is 49.9 Å². The number of rotatable bonds is 11. The lowest BCUT2D eigenvalue weighted by Gasteiger charge is -2.27. The normalized spacial score (nSPS) is 11.0. The molecule has 33 heavy (non-hydrogen) atoms. The van der Waals surface area contributed by atoms with E-state index in [0.717, 1.165) is 16.0 Å². The fourth-order valence-electron chi connectivity index (χ4n) is 3.34. The van der Waals surface area contributed by atoms with Crippen LogP contribution in [0.4, 0.5) is 0 Å². The van der Waals surface area contributed by atoms with Crippen molar-refractivity contribution in [2.24, 2.45) is 0 Å². The maximum Gasteiger partial charge on any atom is 0.247 e. The number of hydrogen-bond donors (Lipinski definition) is 0. The zero-order chi connectivity index (χ0) is 23.5. The second-order valence-corrected chi connectivity index (χ2v) is 8.76. The highest BCUT2D eigenvalue weighted by atomic mass is 32.1. The van der Waals surface area contributed by atoms with Crippen molar-refractivity contribution in [1.29, 1.82) is 0 Å². The third-order valence-electron chi connectivity index (χ3n) is 5.29. The Balaban J connectivity index is 1.75. The lowest BCUT2D eigenvalue weighted by atomic mass is 10.2. The number of carbonyl (C=O) groups excluding carboxylic acids is 2. The average molecular weight is 463 g/mol. The van der Waals surface area contributed by atoms with E-state index in [9.17, 15) is 9.59 Å². The average Bonchev–Trinajstić information content (AvgIpc) is 3.25. The molecule has 1 heterocycles. The first-order valence-corrected chi connectivity index (χ1v) is 11.8. The lowest BCUT2D eigenvalue weighted by molar-refractivity contribution is -0.139. The predicted octanol–water partition coefficient (Wildman–Crippen LogP) is 4.77. The first-order valence-electron chi connectivity index (χ1n) is 10.9. The number of aryl methyl sites for hydroxylation is 1. The van der Waals surface area contributed by atoms with Gasteiger partial charge in [-0.05, 0) is 41.1 Å². The van der Waals surface area contributed by atoms with Crippen molar-refractivity contribution in [3.8, 4) is 0 Å². The summed E-state index contributed by atoms with van der Waals surface area (Å²) in [6.07, 6.45) is 3.28. The van der Waals surface area contributed by atoms with Gasteiger partial charge in [-0.2, -0.15) is 0 Å². The van der Waals surface area contributed by atoms with Crippen molar-refractivity contribution in [3.05, 3.63) is 99.8 Å². The van der Waals surface area contributed by atoms with E-state index in [1.165, 1.54) is 11.6 Å². The van der Waals surface area contributed by atoms with E-state index in [0.29, 0.717) is 26.2 Å². The predicted molar refractivity (Wildman–Crippen MR) is 134 cm³/mol. The molecule has 6 heteroatoms. The monoisotopic (exact) mass is 462 g/mol. The molecule has 1 aromatic heterocycles. The SMILES string of the molecule is COCCN(CC(=O)N(Cc1ccccc1)Cc1sccc1C)C(=O)C=Cc1ccccc1. The van der Waals surface area contributed by atoms with Crippen molar-refractivity contribution in [1.82, 2.24) is 9.80 Å². The standard InChI is InChI=1S/C27H30N2O3S/c1-22-15-18-33-25(22)20-29(19-24-11-7-4-8-12-24)27(31)21-28(16-17-32-2)26(30)14-13-23-9-5-3-6-10-23/h3-15,18H,16-17,19-21H2,1-2H3. The molecular weight excluding hydrogens is 432 g/mol. The fraction of sp³-hybridized carbons (Fsp3) is 0.259. The summed E-state index contributed by atoms with van der Waals surface area (Å²) in [7, 11) is 1.59. The van der Waals surface area contributed by atoms with Crippen LogP contribution in [0.5, 0.6) is 0 Å². The third kappa shape index (κ3) is 7.70. The number of hydrogen-bond acceptors (Lipinski definition) is 4. The van der Waals surface area contributed by atoms with Gasteiger partial charge in [0.05, 0.1) is 13.2 Å². The van der Waals surface area contributed by atoms with Gasteiger partial charge in [-0.3, -0.25) is 9.59 Å². The summed E-state index contributed by atoms with van der Waals surface area (Å²) in [5.74, 6) is -0.305. The minimum absolute atomic E-state index is 0.00141. The second-order valence-electron chi connectivity index (χ2n) is 7.76. The summed E-state index contributed by atoms with van der Waals surface area (Å²) in [6, 6.07) is 21.6. The van der Waals surface area contributed by atoms with Crippen molar-refractivity contribution in [2.45, 2.75) is 20.0 Å². The molecule has 0 fully saturated rings. The molecule has 2 aromatic carbocycles. The van der Waals surface area contributed by atoms with Gasteiger partial charge in [0.2, 0.25) is 11.8 Å². The van der Waals surface area contributed by atoms with Gasteiger partial charge in [0.25, 0.3) is 0 Å². The van der Waals surface area contributed by atoms with Gasteiger partial charge < -0.3 is 14.5 Å². The molecule has 3 rings (SSSR count). The highest BCUT2D eigenvalue weighted by Crippen LogP contribution is 2.19. The molecule has 172 valence electrons. The van der Waals surface area contributed by atoms with E-state index >= 15 is 0 Å². The van der Waals surface area contributed by atoms with Gasteiger partial charge in [-0.25, -0.2) is 0 Å². The van der Waals surface area contributed by atoms with Crippen LogP contribution < -0.4 is 0 Å². The van der Waals surface area contributed by atoms with Gasteiger partial charge in [-0.1, -0.05) is 60.7 Å². The van der Waals surface area contributed by atoms with Gasteiger partial charge in [0.15, 0.2) is 0 Å². The molecule has 2 amide bonds. The molecule has 0 spiro atoms. The molecular formula is C27H30N2O3S. The number of methoxy groups -OCH3 is 1. The Morgan fingerprint density at radius 1 is 0.939 bits per heavy atom. The van der Waals surface area contributed by atoms with Gasteiger partial charge in [0.1, 0.15) is 6.54 Å². The maximum atomic E-state index is 13.4. The number of thiophene rings is 1. The minimum atomic E-state index is -0.212. The summed E-state index contributed by atoms with van der Waals surface area (Å²) >= 11 is 1.65. The lowest BCUT2D eigenvalue weighted by Crippen LogP contribution is -2.43. The quantitative estimate of drug-likeness (QED) is 0.386. The number of benzene rings is 2. The van der Waals surface area contributed by atoms with E-state index in [-0.39, 0.29) is 18.4 Å². The Morgan fingerprint density at radius 3 is 2.27 bits per heavy atom. The zero-order valence-electron chi connectivity index (χ0n) is 19.1. The van der Waals surface area contributed by atoms with Crippen molar-refractivity contribution < 1.29 is 14.3 Å². The first kappa shape index (κ1) is 24.4. The second kappa shape index (κ2) is 12.7. The van der Waals surface area contributed by atoms with Crippen LogP contribution in [0.25, 0.3) is 6.08 Å². The molecule has 5 nitrogen and oxygen atoms in total. The summed E-state index contributed by atoms with van der Waals surface area (Å²) in [6.45, 7) is 3.77. The Kier molecular flexibility index (Phi) is 9.42. The van der Waals surface area contributed by atoms with Crippen LogP contribution >= 0.6 is 11.3 Å². The molecule has 0 saturated carbocycles. The van der Waals surface area contributed by atoms with Crippen molar-refractivity contribution in [2.75, 3.05) is 26.8 Å². The van der Waals surface area contributed by atoms with E-state index in [2.05, 4.69) is 13.0 Å². The largest absolute Gasteiger partial charge is 0.383 e. The molecule has 0 radical (unpaired) electrons. The molecule has 0 aliphatic carbocycles. The highest BCUT2D eigenvalue weighted by Gasteiger charge is 2.21. The van der Waals surface area contributed by atoms with Crippen LogP contribution in [0.3, 0.4) is 0 Å². The molecule has 0 N–H and O–H groups in total. The van der Waals surface area contributed by atoms with E-state index in [4.69, 9.17) is 4.74 Å². The molecule has 0 aliphatic heterocycles. The highest BCUT2D eigenvalue weighted by molar-refractivity contribution is 7.10. The Morgan fingerprint density at radius 2 is 1.64 bits per heavy atom. The summed E-state index contributed by atoms with van der Waals surface area (Å²) < 4.78 is 5.18. The molecule has 3 aromatic rings.